The summed E-state index contributed by atoms with van der Waals surface area (Å²) in [7, 11) is 0. The lowest BCUT2D eigenvalue weighted by atomic mass is 10.0. The number of hydrogen-bond donors (Lipinski definition) is 1. The molecule has 0 amide bonds. The first-order valence-corrected chi connectivity index (χ1v) is 9.09. The molecular formula is C19H21N3OS. The molecule has 124 valence electrons. The quantitative estimate of drug-likeness (QED) is 0.655. The van der Waals surface area contributed by atoms with Gasteiger partial charge in [-0.3, -0.25) is 4.57 Å². The van der Waals surface area contributed by atoms with Gasteiger partial charge in [0.2, 0.25) is 0 Å². The Hall–Kier alpha value is -2.27. The Balaban J connectivity index is 1.95. The highest BCUT2D eigenvalue weighted by molar-refractivity contribution is 7.99. The van der Waals surface area contributed by atoms with Gasteiger partial charge in [0, 0.05) is 6.54 Å². The molecule has 3 rings (SSSR count). The van der Waals surface area contributed by atoms with Crippen LogP contribution in [0.25, 0.3) is 0 Å². The Morgan fingerprint density at radius 1 is 1.04 bits per heavy atom. The van der Waals surface area contributed by atoms with Crippen LogP contribution in [0.3, 0.4) is 0 Å². The number of aromatic amines is 1. The minimum atomic E-state index is -0.133. The summed E-state index contributed by atoms with van der Waals surface area (Å²) in [6, 6.07) is 20.7. The van der Waals surface area contributed by atoms with Gasteiger partial charge in [0.25, 0.3) is 0 Å². The summed E-state index contributed by atoms with van der Waals surface area (Å²) < 4.78 is 1.74. The normalized spacial score (nSPS) is 11.1. The molecule has 0 fully saturated rings. The Labute approximate surface area is 145 Å². The zero-order valence-electron chi connectivity index (χ0n) is 13.7. The second kappa shape index (κ2) is 8.02. The van der Waals surface area contributed by atoms with Crippen LogP contribution < -0.4 is 5.69 Å². The summed E-state index contributed by atoms with van der Waals surface area (Å²) in [5.74, 6) is 0. The number of H-pyrrole nitrogens is 1. The van der Waals surface area contributed by atoms with Crippen molar-refractivity contribution in [1.82, 2.24) is 14.8 Å². The van der Waals surface area contributed by atoms with Crippen LogP contribution in [0, 0.1) is 0 Å². The van der Waals surface area contributed by atoms with Crippen molar-refractivity contribution in [2.24, 2.45) is 0 Å². The number of thioether (sulfide) groups is 1. The van der Waals surface area contributed by atoms with E-state index in [0.29, 0.717) is 6.54 Å². The van der Waals surface area contributed by atoms with Gasteiger partial charge in [0.05, 0.1) is 5.25 Å². The first-order chi connectivity index (χ1) is 11.8. The predicted molar refractivity (Wildman–Crippen MR) is 98.3 cm³/mol. The molecule has 0 bridgehead atoms. The predicted octanol–water partition coefficient (Wildman–Crippen LogP) is 4.25. The zero-order chi connectivity index (χ0) is 16.8. The molecule has 0 saturated heterocycles. The van der Waals surface area contributed by atoms with Crippen molar-refractivity contribution < 1.29 is 0 Å². The van der Waals surface area contributed by atoms with Crippen LogP contribution >= 0.6 is 11.8 Å². The van der Waals surface area contributed by atoms with E-state index in [4.69, 9.17) is 0 Å². The van der Waals surface area contributed by atoms with Gasteiger partial charge < -0.3 is 0 Å². The van der Waals surface area contributed by atoms with Crippen molar-refractivity contribution >= 4 is 11.8 Å². The fraction of sp³-hybridized carbons (Fsp3) is 0.263. The lowest BCUT2D eigenvalue weighted by Gasteiger charge is -2.17. The average molecular weight is 339 g/mol. The number of unbranched alkanes of at least 4 members (excludes halogenated alkanes) is 1. The molecule has 4 nitrogen and oxygen atoms in total. The highest BCUT2D eigenvalue weighted by Gasteiger charge is 2.19. The molecule has 5 heteroatoms. The first-order valence-electron chi connectivity index (χ1n) is 8.21. The standard InChI is InChI=1S/C19H21N3OS/c1-2-3-14-22-18(23)20-21-19(22)24-17(15-10-6-4-7-11-15)16-12-8-5-9-13-16/h4-13,17H,2-3,14H2,1H3,(H,20,23). The largest absolute Gasteiger partial charge is 0.343 e. The zero-order valence-corrected chi connectivity index (χ0v) is 14.5. The fourth-order valence-corrected chi connectivity index (χ4v) is 3.79. The van der Waals surface area contributed by atoms with Crippen molar-refractivity contribution in [2.45, 2.75) is 36.7 Å². The molecule has 0 aliphatic carbocycles. The topological polar surface area (TPSA) is 50.7 Å². The molecule has 1 aromatic heterocycles. The number of aromatic nitrogens is 3. The van der Waals surface area contributed by atoms with Gasteiger partial charge in [-0.15, -0.1) is 5.10 Å². The monoisotopic (exact) mass is 339 g/mol. The fourth-order valence-electron chi connectivity index (χ4n) is 2.60. The van der Waals surface area contributed by atoms with E-state index in [-0.39, 0.29) is 10.9 Å². The van der Waals surface area contributed by atoms with Crippen LogP contribution in [-0.4, -0.2) is 14.8 Å². The smallest absolute Gasteiger partial charge is 0.270 e. The van der Waals surface area contributed by atoms with Crippen LogP contribution in [0.5, 0.6) is 0 Å². The summed E-state index contributed by atoms with van der Waals surface area (Å²) in [4.78, 5) is 12.0. The third kappa shape index (κ3) is 3.79. The van der Waals surface area contributed by atoms with Crippen molar-refractivity contribution in [1.29, 1.82) is 0 Å². The molecule has 1 N–H and O–H groups in total. The second-order valence-electron chi connectivity index (χ2n) is 5.64. The van der Waals surface area contributed by atoms with E-state index in [1.54, 1.807) is 16.3 Å². The van der Waals surface area contributed by atoms with E-state index in [1.165, 1.54) is 11.1 Å². The Kier molecular flexibility index (Phi) is 5.54. The second-order valence-corrected chi connectivity index (χ2v) is 6.71. The SMILES string of the molecule is CCCCn1c(SC(c2ccccc2)c2ccccc2)n[nH]c1=O. The lowest BCUT2D eigenvalue weighted by molar-refractivity contribution is 0.572. The molecule has 0 spiro atoms. The van der Waals surface area contributed by atoms with Crippen molar-refractivity contribution in [2.75, 3.05) is 0 Å². The molecule has 1 heterocycles. The van der Waals surface area contributed by atoms with Gasteiger partial charge in [-0.05, 0) is 17.5 Å². The number of rotatable bonds is 7. The van der Waals surface area contributed by atoms with Crippen molar-refractivity contribution in [3.8, 4) is 0 Å². The molecule has 0 unspecified atom stereocenters. The summed E-state index contributed by atoms with van der Waals surface area (Å²) >= 11 is 1.61. The van der Waals surface area contributed by atoms with E-state index in [1.807, 2.05) is 36.4 Å². The molecule has 3 aromatic rings. The van der Waals surface area contributed by atoms with Crippen LogP contribution in [0.2, 0.25) is 0 Å². The molecule has 24 heavy (non-hydrogen) atoms. The maximum atomic E-state index is 12.0. The van der Waals surface area contributed by atoms with E-state index >= 15 is 0 Å². The number of benzene rings is 2. The van der Waals surface area contributed by atoms with E-state index in [0.717, 1.165) is 18.0 Å². The lowest BCUT2D eigenvalue weighted by Crippen LogP contribution is -2.17. The summed E-state index contributed by atoms with van der Waals surface area (Å²) in [6.45, 7) is 2.82. The highest BCUT2D eigenvalue weighted by atomic mass is 32.2. The minimum Gasteiger partial charge on any atom is -0.270 e. The molecule has 0 atom stereocenters. The Bertz CT molecular complexity index is 772. The van der Waals surface area contributed by atoms with Crippen LogP contribution in [0.4, 0.5) is 0 Å². The summed E-state index contributed by atoms with van der Waals surface area (Å²) in [6.07, 6.45) is 2.01. The van der Waals surface area contributed by atoms with Crippen molar-refractivity contribution in [3.63, 3.8) is 0 Å². The van der Waals surface area contributed by atoms with Crippen molar-refractivity contribution in [3.05, 3.63) is 82.3 Å². The maximum absolute atomic E-state index is 12.0. The average Bonchev–Trinajstić information content (AvgIpc) is 2.99. The number of nitrogens with zero attached hydrogens (tertiary/aromatic N) is 2. The van der Waals surface area contributed by atoms with Crippen LogP contribution in [0.15, 0.2) is 70.6 Å². The molecule has 0 aliphatic heterocycles. The molecule has 0 radical (unpaired) electrons. The summed E-state index contributed by atoms with van der Waals surface area (Å²) in [5.41, 5.74) is 2.27. The van der Waals surface area contributed by atoms with Gasteiger partial charge in [-0.2, -0.15) is 0 Å². The minimum absolute atomic E-state index is 0.1000. The van der Waals surface area contributed by atoms with Gasteiger partial charge in [0.15, 0.2) is 5.16 Å². The van der Waals surface area contributed by atoms with E-state index in [9.17, 15) is 4.79 Å². The number of hydrogen-bond acceptors (Lipinski definition) is 3. The summed E-state index contributed by atoms with van der Waals surface area (Å²) in [5, 5.41) is 7.68. The molecule has 0 aliphatic rings. The van der Waals surface area contributed by atoms with E-state index < -0.39 is 0 Å². The van der Waals surface area contributed by atoms with Gasteiger partial charge >= 0.3 is 5.69 Å². The Morgan fingerprint density at radius 3 is 2.17 bits per heavy atom. The molecule has 2 aromatic carbocycles. The van der Waals surface area contributed by atoms with Crippen LogP contribution in [0.1, 0.15) is 36.1 Å². The van der Waals surface area contributed by atoms with Crippen LogP contribution in [-0.2, 0) is 6.54 Å². The van der Waals surface area contributed by atoms with Gasteiger partial charge in [0.1, 0.15) is 0 Å². The van der Waals surface area contributed by atoms with Gasteiger partial charge in [-0.25, -0.2) is 9.89 Å². The number of nitrogens with one attached hydrogen (secondary N) is 1. The molecule has 0 saturated carbocycles. The molecular weight excluding hydrogens is 318 g/mol. The van der Waals surface area contributed by atoms with E-state index in [2.05, 4.69) is 41.4 Å². The maximum Gasteiger partial charge on any atom is 0.343 e. The third-order valence-electron chi connectivity index (χ3n) is 3.89. The third-order valence-corrected chi connectivity index (χ3v) is 5.19. The Morgan fingerprint density at radius 2 is 1.62 bits per heavy atom. The first kappa shape index (κ1) is 16.6. The van der Waals surface area contributed by atoms with Gasteiger partial charge in [-0.1, -0.05) is 85.8 Å². The highest BCUT2D eigenvalue weighted by Crippen LogP contribution is 2.39.